The zero-order chi connectivity index (χ0) is 17.3. The molecule has 0 bridgehead atoms. The summed E-state index contributed by atoms with van der Waals surface area (Å²) in [4.78, 5) is 13.4. The molecule has 1 amide bonds. The van der Waals surface area contributed by atoms with Gasteiger partial charge in [0.2, 0.25) is 5.91 Å². The first-order valence-electron chi connectivity index (χ1n) is 7.24. The summed E-state index contributed by atoms with van der Waals surface area (Å²) in [5.41, 5.74) is 1.15. The lowest BCUT2D eigenvalue weighted by atomic mass is 10.2. The summed E-state index contributed by atoms with van der Waals surface area (Å²) < 4.78 is 27.3. The van der Waals surface area contributed by atoms with Crippen molar-refractivity contribution < 1.29 is 13.2 Å². The van der Waals surface area contributed by atoms with Gasteiger partial charge in [-0.15, -0.1) is 0 Å². The van der Waals surface area contributed by atoms with Crippen molar-refractivity contribution in [1.29, 1.82) is 0 Å². The summed E-state index contributed by atoms with van der Waals surface area (Å²) in [5.74, 6) is 0.0805. The SMILES string of the molecule is O=C1CCCN1c1ccc(NS(=O)(=O)c2cc(Cl)cc(Cl)c2)cc1. The minimum Gasteiger partial charge on any atom is -0.312 e. The minimum absolute atomic E-state index is 0.0150. The Morgan fingerprint density at radius 1 is 1.00 bits per heavy atom. The lowest BCUT2D eigenvalue weighted by Gasteiger charge is -2.16. The molecule has 1 fully saturated rings. The van der Waals surface area contributed by atoms with E-state index in [2.05, 4.69) is 4.72 Å². The maximum atomic E-state index is 12.4. The number of hydrogen-bond donors (Lipinski definition) is 1. The number of halogens is 2. The zero-order valence-corrected chi connectivity index (χ0v) is 14.8. The Balaban J connectivity index is 1.81. The average molecular weight is 385 g/mol. The number of sulfonamides is 1. The second-order valence-corrected chi connectivity index (χ2v) is 7.96. The topological polar surface area (TPSA) is 66.5 Å². The van der Waals surface area contributed by atoms with Crippen molar-refractivity contribution >= 4 is 50.5 Å². The predicted molar refractivity (Wildman–Crippen MR) is 95.3 cm³/mol. The molecule has 24 heavy (non-hydrogen) atoms. The van der Waals surface area contributed by atoms with Crippen molar-refractivity contribution in [1.82, 2.24) is 0 Å². The molecule has 126 valence electrons. The molecule has 1 N–H and O–H groups in total. The fraction of sp³-hybridized carbons (Fsp3) is 0.188. The lowest BCUT2D eigenvalue weighted by molar-refractivity contribution is -0.117. The van der Waals surface area contributed by atoms with Gasteiger partial charge in [0, 0.05) is 34.4 Å². The zero-order valence-electron chi connectivity index (χ0n) is 12.5. The molecule has 0 spiro atoms. The van der Waals surface area contributed by atoms with Crippen LogP contribution in [0.2, 0.25) is 10.0 Å². The van der Waals surface area contributed by atoms with Gasteiger partial charge in [-0.25, -0.2) is 8.42 Å². The summed E-state index contributed by atoms with van der Waals surface area (Å²) >= 11 is 11.7. The number of carbonyl (C=O) groups is 1. The van der Waals surface area contributed by atoms with Crippen molar-refractivity contribution in [2.24, 2.45) is 0 Å². The van der Waals surface area contributed by atoms with Crippen molar-refractivity contribution in [3.8, 4) is 0 Å². The maximum Gasteiger partial charge on any atom is 0.261 e. The predicted octanol–water partition coefficient (Wildman–Crippen LogP) is 3.92. The van der Waals surface area contributed by atoms with Crippen molar-refractivity contribution in [3.63, 3.8) is 0 Å². The summed E-state index contributed by atoms with van der Waals surface area (Å²) in [6.07, 6.45) is 1.38. The van der Waals surface area contributed by atoms with Gasteiger partial charge in [-0.3, -0.25) is 9.52 Å². The van der Waals surface area contributed by atoms with Crippen LogP contribution in [-0.4, -0.2) is 20.9 Å². The fourth-order valence-corrected chi connectivity index (χ4v) is 4.31. The van der Waals surface area contributed by atoms with Crippen molar-refractivity contribution in [2.45, 2.75) is 17.7 Å². The van der Waals surface area contributed by atoms with Gasteiger partial charge in [0.05, 0.1) is 4.90 Å². The summed E-state index contributed by atoms with van der Waals surface area (Å²) in [6.45, 7) is 0.685. The van der Waals surface area contributed by atoms with Crippen LogP contribution >= 0.6 is 23.2 Å². The Hall–Kier alpha value is -1.76. The first-order chi connectivity index (χ1) is 11.3. The van der Waals surface area contributed by atoms with Gasteiger partial charge in [-0.1, -0.05) is 23.2 Å². The van der Waals surface area contributed by atoms with Gasteiger partial charge in [0.25, 0.3) is 10.0 Å². The van der Waals surface area contributed by atoms with Crippen molar-refractivity contribution in [3.05, 3.63) is 52.5 Å². The van der Waals surface area contributed by atoms with Gasteiger partial charge in [0.1, 0.15) is 0 Å². The van der Waals surface area contributed by atoms with Crippen LogP contribution in [0, 0.1) is 0 Å². The highest BCUT2D eigenvalue weighted by Gasteiger charge is 2.22. The van der Waals surface area contributed by atoms with Gasteiger partial charge < -0.3 is 4.90 Å². The number of benzene rings is 2. The number of rotatable bonds is 4. The Labute approximate surface area is 150 Å². The molecule has 1 aliphatic heterocycles. The Bertz CT molecular complexity index is 862. The van der Waals surface area contributed by atoms with Crippen LogP contribution in [0.1, 0.15) is 12.8 Å². The Morgan fingerprint density at radius 2 is 1.62 bits per heavy atom. The van der Waals surface area contributed by atoms with E-state index in [0.717, 1.165) is 12.1 Å². The molecule has 0 radical (unpaired) electrons. The minimum atomic E-state index is -3.80. The van der Waals surface area contributed by atoms with E-state index in [-0.39, 0.29) is 20.8 Å². The van der Waals surface area contributed by atoms with E-state index < -0.39 is 10.0 Å². The van der Waals surface area contributed by atoms with Crippen molar-refractivity contribution in [2.75, 3.05) is 16.2 Å². The van der Waals surface area contributed by atoms with E-state index in [1.807, 2.05) is 0 Å². The Kier molecular flexibility index (Phi) is 4.71. The molecule has 2 aromatic rings. The summed E-state index contributed by atoms with van der Waals surface area (Å²) in [6, 6.07) is 10.8. The molecule has 2 aromatic carbocycles. The average Bonchev–Trinajstić information content (AvgIpc) is 2.93. The smallest absolute Gasteiger partial charge is 0.261 e. The molecule has 0 saturated carbocycles. The standard InChI is InChI=1S/C16H14Cl2N2O3S/c17-11-8-12(18)10-15(9-11)24(22,23)19-13-3-5-14(6-4-13)20-7-1-2-16(20)21/h3-6,8-10,19H,1-2,7H2. The number of hydrogen-bond acceptors (Lipinski definition) is 3. The number of carbonyl (C=O) groups excluding carboxylic acids is 1. The van der Waals surface area contributed by atoms with Crippen LogP contribution in [0.5, 0.6) is 0 Å². The van der Waals surface area contributed by atoms with E-state index in [4.69, 9.17) is 23.2 Å². The van der Waals surface area contributed by atoms with Crippen LogP contribution in [0.15, 0.2) is 47.4 Å². The first-order valence-corrected chi connectivity index (χ1v) is 9.48. The summed E-state index contributed by atoms with van der Waals surface area (Å²) in [7, 11) is -3.80. The molecule has 3 rings (SSSR count). The molecule has 1 aliphatic rings. The third kappa shape index (κ3) is 3.66. The van der Waals surface area contributed by atoms with Gasteiger partial charge >= 0.3 is 0 Å². The molecule has 1 heterocycles. The number of anilines is 2. The van der Waals surface area contributed by atoms with E-state index in [0.29, 0.717) is 18.7 Å². The molecule has 5 nitrogen and oxygen atoms in total. The third-order valence-electron chi connectivity index (χ3n) is 3.65. The van der Waals surface area contributed by atoms with E-state index >= 15 is 0 Å². The number of nitrogens with zero attached hydrogens (tertiary/aromatic N) is 1. The van der Waals surface area contributed by atoms with Crippen LogP contribution < -0.4 is 9.62 Å². The Morgan fingerprint density at radius 3 is 2.17 bits per heavy atom. The first kappa shape index (κ1) is 17.1. The van der Waals surface area contributed by atoms with Gasteiger partial charge in [-0.05, 0) is 48.9 Å². The molecule has 1 saturated heterocycles. The number of amides is 1. The molecular formula is C16H14Cl2N2O3S. The molecule has 8 heteroatoms. The highest BCUT2D eigenvalue weighted by Crippen LogP contribution is 2.26. The molecular weight excluding hydrogens is 371 g/mol. The highest BCUT2D eigenvalue weighted by molar-refractivity contribution is 7.92. The van der Waals surface area contributed by atoms with Gasteiger partial charge in [0.15, 0.2) is 0 Å². The summed E-state index contributed by atoms with van der Waals surface area (Å²) in [5, 5.41) is 0.483. The normalized spacial score (nSPS) is 14.9. The van der Waals surface area contributed by atoms with Crippen LogP contribution in [0.4, 0.5) is 11.4 Å². The molecule has 0 aliphatic carbocycles. The van der Waals surface area contributed by atoms with Crippen LogP contribution in [0.25, 0.3) is 0 Å². The second kappa shape index (κ2) is 6.63. The van der Waals surface area contributed by atoms with E-state index in [1.165, 1.54) is 18.2 Å². The fourth-order valence-electron chi connectivity index (χ4n) is 2.53. The highest BCUT2D eigenvalue weighted by atomic mass is 35.5. The van der Waals surface area contributed by atoms with E-state index in [1.54, 1.807) is 29.2 Å². The number of nitrogens with one attached hydrogen (secondary N) is 1. The quantitative estimate of drug-likeness (QED) is 0.868. The maximum absolute atomic E-state index is 12.4. The monoisotopic (exact) mass is 384 g/mol. The van der Waals surface area contributed by atoms with Crippen LogP contribution in [-0.2, 0) is 14.8 Å². The molecule has 0 aromatic heterocycles. The third-order valence-corrected chi connectivity index (χ3v) is 5.45. The van der Waals surface area contributed by atoms with Crippen LogP contribution in [0.3, 0.4) is 0 Å². The van der Waals surface area contributed by atoms with Gasteiger partial charge in [-0.2, -0.15) is 0 Å². The molecule has 0 atom stereocenters. The largest absolute Gasteiger partial charge is 0.312 e. The van der Waals surface area contributed by atoms with E-state index in [9.17, 15) is 13.2 Å². The molecule has 0 unspecified atom stereocenters. The lowest BCUT2D eigenvalue weighted by Crippen LogP contribution is -2.23. The second-order valence-electron chi connectivity index (χ2n) is 5.41.